The molecule has 0 saturated heterocycles. The molecule has 10 rings (SSSR count). The summed E-state index contributed by atoms with van der Waals surface area (Å²) in [5.41, 5.74) is 0.545. The lowest BCUT2D eigenvalue weighted by Crippen LogP contribution is -2.65. The first-order valence-electron chi connectivity index (χ1n) is 15.4. The van der Waals surface area contributed by atoms with E-state index >= 15 is 0 Å². The monoisotopic (exact) mass is 559 g/mol. The molecule has 1 amide bonds. The number of carbonyl (C=O) groups excluding carboxylic acids is 1. The van der Waals surface area contributed by atoms with Crippen molar-refractivity contribution in [3.63, 3.8) is 0 Å². The minimum atomic E-state index is -1.01. The standard InChI is InChI=1S/C32H38FN5O3/c1-20(2)27-34-26(36-40-27)22-4-3-5-23(14-22)38(24(39)15-30-16-32(33,17-30)18-30)19-29-8-11-31(12-9-29,13-10-29)28-35-25(37-41-28)21-6-7-21/h3-5,14,20-21H,6-13,15-19H2,1-2H3. The summed E-state index contributed by atoms with van der Waals surface area (Å²) in [4.78, 5) is 25.5. The number of amides is 1. The second-order valence-corrected chi connectivity index (χ2v) is 14.5. The van der Waals surface area contributed by atoms with Gasteiger partial charge in [-0.1, -0.05) is 36.3 Å². The van der Waals surface area contributed by atoms with Crippen LogP contribution >= 0.6 is 0 Å². The van der Waals surface area contributed by atoms with E-state index in [1.807, 2.05) is 43.0 Å². The Bertz CT molecular complexity index is 1460. The first-order valence-corrected chi connectivity index (χ1v) is 15.4. The molecule has 1 aromatic carbocycles. The smallest absolute Gasteiger partial charge is 0.232 e. The topological polar surface area (TPSA) is 98.2 Å². The third-order valence-corrected chi connectivity index (χ3v) is 11.0. The summed E-state index contributed by atoms with van der Waals surface area (Å²) >= 11 is 0. The Labute approximate surface area is 239 Å². The number of rotatable bonds is 9. The fourth-order valence-corrected chi connectivity index (χ4v) is 8.30. The molecule has 0 N–H and O–H groups in total. The predicted octanol–water partition coefficient (Wildman–Crippen LogP) is 7.03. The number of anilines is 1. The van der Waals surface area contributed by atoms with Crippen LogP contribution in [0.5, 0.6) is 0 Å². The molecule has 2 heterocycles. The van der Waals surface area contributed by atoms with E-state index in [2.05, 4.69) is 15.3 Å². The van der Waals surface area contributed by atoms with Gasteiger partial charge in [0.2, 0.25) is 23.5 Å². The molecule has 0 radical (unpaired) electrons. The van der Waals surface area contributed by atoms with Gasteiger partial charge < -0.3 is 13.9 Å². The van der Waals surface area contributed by atoms with Crippen molar-refractivity contribution in [2.24, 2.45) is 10.8 Å². The molecule has 9 heteroatoms. The van der Waals surface area contributed by atoms with Crippen LogP contribution in [0.1, 0.15) is 120 Å². The van der Waals surface area contributed by atoms with E-state index in [4.69, 9.17) is 14.0 Å². The lowest BCUT2D eigenvalue weighted by atomic mass is 9.41. The zero-order valence-electron chi connectivity index (χ0n) is 24.0. The largest absolute Gasteiger partial charge is 0.339 e. The summed E-state index contributed by atoms with van der Waals surface area (Å²) in [5.74, 6) is 3.58. The number of hydrogen-bond donors (Lipinski definition) is 0. The fourth-order valence-electron chi connectivity index (χ4n) is 8.30. The molecule has 0 unspecified atom stereocenters. The number of alkyl halides is 1. The second-order valence-electron chi connectivity index (χ2n) is 14.5. The van der Waals surface area contributed by atoms with Crippen molar-refractivity contribution < 1.29 is 18.2 Å². The van der Waals surface area contributed by atoms with Gasteiger partial charge in [0.05, 0.1) is 0 Å². The van der Waals surface area contributed by atoms with Gasteiger partial charge >= 0.3 is 0 Å². The number of fused-ring (bicyclic) bond motifs is 3. The van der Waals surface area contributed by atoms with Crippen molar-refractivity contribution in [1.29, 1.82) is 0 Å². The van der Waals surface area contributed by atoms with Gasteiger partial charge in [-0.3, -0.25) is 4.79 Å². The molecule has 2 aromatic heterocycles. The summed E-state index contributed by atoms with van der Waals surface area (Å²) in [6.07, 6.45) is 10.4. The van der Waals surface area contributed by atoms with Gasteiger partial charge in [-0.15, -0.1) is 0 Å². The van der Waals surface area contributed by atoms with Crippen molar-refractivity contribution in [1.82, 2.24) is 20.3 Å². The van der Waals surface area contributed by atoms with Gasteiger partial charge in [0.25, 0.3) is 0 Å². The summed E-state index contributed by atoms with van der Waals surface area (Å²) in [6, 6.07) is 7.94. The predicted molar refractivity (Wildman–Crippen MR) is 149 cm³/mol. The highest BCUT2D eigenvalue weighted by Gasteiger charge is 2.69. The van der Waals surface area contributed by atoms with Crippen molar-refractivity contribution in [2.75, 3.05) is 11.4 Å². The van der Waals surface area contributed by atoms with E-state index in [1.54, 1.807) is 0 Å². The molecule has 7 aliphatic rings. The van der Waals surface area contributed by atoms with Crippen LogP contribution in [0.3, 0.4) is 0 Å². The number of carbonyl (C=O) groups is 1. The van der Waals surface area contributed by atoms with Crippen molar-refractivity contribution in [3.05, 3.63) is 41.9 Å². The minimum Gasteiger partial charge on any atom is -0.339 e. The van der Waals surface area contributed by atoms with Crippen LogP contribution in [0.15, 0.2) is 33.3 Å². The highest BCUT2D eigenvalue weighted by molar-refractivity contribution is 5.94. The van der Waals surface area contributed by atoms with Gasteiger partial charge in [-0.25, -0.2) is 4.39 Å². The molecule has 7 aliphatic carbocycles. The Hall–Kier alpha value is -3.10. The molecule has 4 bridgehead atoms. The average Bonchev–Trinajstić information content (AvgIpc) is 3.44. The fraction of sp³-hybridized carbons (Fsp3) is 0.656. The summed E-state index contributed by atoms with van der Waals surface area (Å²) < 4.78 is 25.6. The lowest BCUT2D eigenvalue weighted by Gasteiger charge is -2.66. The molecule has 0 aliphatic heterocycles. The quantitative estimate of drug-likeness (QED) is 0.278. The Balaban J connectivity index is 1.05. The number of hydrogen-bond acceptors (Lipinski definition) is 7. The molecule has 41 heavy (non-hydrogen) atoms. The normalized spacial score (nSPS) is 33.5. The van der Waals surface area contributed by atoms with Crippen LogP contribution < -0.4 is 4.90 Å². The highest BCUT2D eigenvalue weighted by atomic mass is 19.1. The van der Waals surface area contributed by atoms with Crippen LogP contribution in [-0.2, 0) is 10.2 Å². The number of aromatic nitrogens is 4. The first kappa shape index (κ1) is 25.6. The van der Waals surface area contributed by atoms with Gasteiger partial charge in [0.1, 0.15) is 5.67 Å². The van der Waals surface area contributed by atoms with E-state index in [9.17, 15) is 9.18 Å². The van der Waals surface area contributed by atoms with E-state index in [0.29, 0.717) is 49.9 Å². The van der Waals surface area contributed by atoms with Gasteiger partial charge in [-0.05, 0) is 93.6 Å². The van der Waals surface area contributed by atoms with Gasteiger partial charge in [-0.2, -0.15) is 9.97 Å². The molecule has 3 aromatic rings. The zero-order chi connectivity index (χ0) is 28.0. The molecule has 216 valence electrons. The molecule has 0 atom stereocenters. The molecule has 7 fully saturated rings. The van der Waals surface area contributed by atoms with Crippen LogP contribution in [0, 0.1) is 10.8 Å². The lowest BCUT2D eigenvalue weighted by molar-refractivity contribution is -0.215. The molecule has 7 saturated carbocycles. The SMILES string of the molecule is CC(C)c1nc(-c2cccc(N(CC34CCC(c5nc(C6CC6)no5)(CC3)CC4)C(=O)CC34CC(F)(C3)C4)c2)no1. The van der Waals surface area contributed by atoms with Gasteiger partial charge in [0, 0.05) is 41.5 Å². The highest BCUT2D eigenvalue weighted by Crippen LogP contribution is 2.71. The van der Waals surface area contributed by atoms with E-state index in [1.165, 1.54) is 12.8 Å². The molecule has 8 nitrogen and oxygen atoms in total. The summed E-state index contributed by atoms with van der Waals surface area (Å²) in [7, 11) is 0. The third kappa shape index (κ3) is 4.24. The Morgan fingerprint density at radius 3 is 2.37 bits per heavy atom. The third-order valence-electron chi connectivity index (χ3n) is 11.0. The molecule has 0 spiro atoms. The van der Waals surface area contributed by atoms with Crippen LogP contribution in [0.25, 0.3) is 11.4 Å². The Kier molecular flexibility index (Phi) is 5.44. The summed E-state index contributed by atoms with van der Waals surface area (Å²) in [5, 5.41) is 8.51. The Morgan fingerprint density at radius 2 is 1.73 bits per heavy atom. The zero-order valence-corrected chi connectivity index (χ0v) is 24.0. The molecular weight excluding hydrogens is 521 g/mol. The maximum absolute atomic E-state index is 14.3. The van der Waals surface area contributed by atoms with Crippen molar-refractivity contribution in [3.8, 4) is 11.4 Å². The summed E-state index contributed by atoms with van der Waals surface area (Å²) in [6.45, 7) is 4.71. The number of halogens is 1. The van der Waals surface area contributed by atoms with Crippen LogP contribution in [-0.4, -0.2) is 38.4 Å². The number of nitrogens with zero attached hydrogens (tertiary/aromatic N) is 5. The van der Waals surface area contributed by atoms with E-state index < -0.39 is 5.67 Å². The van der Waals surface area contributed by atoms with Crippen LogP contribution in [0.2, 0.25) is 0 Å². The first-order chi connectivity index (χ1) is 19.7. The van der Waals surface area contributed by atoms with E-state index in [0.717, 1.165) is 61.5 Å². The van der Waals surface area contributed by atoms with Crippen molar-refractivity contribution >= 4 is 11.6 Å². The molecular formula is C32H38FN5O3. The maximum atomic E-state index is 14.3. The Morgan fingerprint density at radius 1 is 1.00 bits per heavy atom. The number of benzene rings is 1. The van der Waals surface area contributed by atoms with Crippen molar-refractivity contribution in [2.45, 2.75) is 114 Å². The maximum Gasteiger partial charge on any atom is 0.232 e. The van der Waals surface area contributed by atoms with Gasteiger partial charge in [0.15, 0.2) is 5.82 Å². The average molecular weight is 560 g/mol. The minimum absolute atomic E-state index is 0.0231. The second kappa shape index (κ2) is 8.71. The van der Waals surface area contributed by atoms with E-state index in [-0.39, 0.29) is 28.1 Å². The van der Waals surface area contributed by atoms with Crippen LogP contribution in [0.4, 0.5) is 10.1 Å².